The normalized spacial score (nSPS) is 11.5. The first-order chi connectivity index (χ1) is 5.75. The predicted molar refractivity (Wildman–Crippen MR) is 50.3 cm³/mol. The molecule has 5 heteroatoms. The summed E-state index contributed by atoms with van der Waals surface area (Å²) < 4.78 is 9.57. The van der Waals surface area contributed by atoms with E-state index in [1.54, 1.807) is 13.0 Å². The topological polar surface area (TPSA) is 66.5 Å². The van der Waals surface area contributed by atoms with Gasteiger partial charge in [0.25, 0.3) is 0 Å². The van der Waals surface area contributed by atoms with Crippen molar-refractivity contribution in [3.63, 3.8) is 0 Å². The molecule has 1 aromatic heterocycles. The number of aliphatic hydroxyl groups excluding tert-OH is 1. The highest BCUT2D eigenvalue weighted by Gasteiger charge is 2.15. The molecule has 0 fully saturated rings. The number of nitrogens with one attached hydrogen (secondary N) is 1. The fourth-order valence-corrected chi connectivity index (χ4v) is 0.816. The van der Waals surface area contributed by atoms with Crippen molar-refractivity contribution in [2.45, 2.75) is 13.0 Å². The Morgan fingerprint density at radius 3 is 2.92 bits per heavy atom. The number of hydrogen-bond donors (Lipinski definition) is 2. The van der Waals surface area contributed by atoms with E-state index in [1.807, 2.05) is 0 Å². The maximum Gasteiger partial charge on any atom is 0.215 e. The van der Waals surface area contributed by atoms with Crippen LogP contribution in [0, 0.1) is 5.41 Å². The Kier molecular flexibility index (Phi) is 5.18. The summed E-state index contributed by atoms with van der Waals surface area (Å²) in [6.07, 6.45) is 1.82. The van der Waals surface area contributed by atoms with Crippen LogP contribution < -0.4 is 0 Å². The fraction of sp³-hybridized carbons (Fsp3) is 0.375. The van der Waals surface area contributed by atoms with Gasteiger partial charge in [-0.15, -0.1) is 12.4 Å². The van der Waals surface area contributed by atoms with Gasteiger partial charge >= 0.3 is 0 Å². The number of furan rings is 1. The standard InChI is InChI=1S/C8H11NO3.ClH/c1-2-12-8(9)7(10)6-3-4-11-5-6;/h3-5,7,9-10H,2H2,1H3;1H. The minimum atomic E-state index is -1.01. The van der Waals surface area contributed by atoms with Crippen LogP contribution >= 0.6 is 12.4 Å². The number of aliphatic hydroxyl groups is 1. The lowest BCUT2D eigenvalue weighted by molar-refractivity contribution is 0.190. The average molecular weight is 206 g/mol. The van der Waals surface area contributed by atoms with Gasteiger partial charge in [-0.25, -0.2) is 0 Å². The van der Waals surface area contributed by atoms with Crippen molar-refractivity contribution in [3.05, 3.63) is 24.2 Å². The van der Waals surface area contributed by atoms with Gasteiger partial charge in [-0.2, -0.15) is 0 Å². The molecular formula is C8H12ClNO3. The molecule has 1 atom stereocenters. The minimum absolute atomic E-state index is 0. The lowest BCUT2D eigenvalue weighted by atomic mass is 10.2. The van der Waals surface area contributed by atoms with Crippen LogP contribution in [0.3, 0.4) is 0 Å². The molecule has 0 saturated carbocycles. The van der Waals surface area contributed by atoms with Crippen LogP contribution in [-0.2, 0) is 4.74 Å². The molecule has 1 aromatic rings. The first-order valence-electron chi connectivity index (χ1n) is 3.67. The smallest absolute Gasteiger partial charge is 0.215 e. The van der Waals surface area contributed by atoms with Crippen LogP contribution in [0.15, 0.2) is 23.0 Å². The van der Waals surface area contributed by atoms with E-state index in [1.165, 1.54) is 12.5 Å². The molecule has 0 amide bonds. The second-order valence-electron chi connectivity index (χ2n) is 2.26. The number of ether oxygens (including phenoxy) is 1. The van der Waals surface area contributed by atoms with Gasteiger partial charge in [0.15, 0.2) is 6.10 Å². The van der Waals surface area contributed by atoms with Crippen molar-refractivity contribution in [2.75, 3.05) is 6.61 Å². The molecule has 13 heavy (non-hydrogen) atoms. The van der Waals surface area contributed by atoms with Gasteiger partial charge in [-0.3, -0.25) is 5.41 Å². The monoisotopic (exact) mass is 205 g/mol. The molecule has 0 saturated heterocycles. The van der Waals surface area contributed by atoms with Gasteiger partial charge in [-0.1, -0.05) is 0 Å². The zero-order valence-electron chi connectivity index (χ0n) is 7.19. The lowest BCUT2D eigenvalue weighted by Crippen LogP contribution is -2.13. The van der Waals surface area contributed by atoms with Crippen LogP contribution in [0.4, 0.5) is 0 Å². The third-order valence-electron chi connectivity index (χ3n) is 1.41. The summed E-state index contributed by atoms with van der Waals surface area (Å²) in [6.45, 7) is 2.14. The van der Waals surface area contributed by atoms with Crippen LogP contribution in [0.25, 0.3) is 0 Å². The van der Waals surface area contributed by atoms with E-state index in [4.69, 9.17) is 14.6 Å². The van der Waals surface area contributed by atoms with Gasteiger partial charge in [0.05, 0.1) is 19.1 Å². The summed E-state index contributed by atoms with van der Waals surface area (Å²) in [5.74, 6) is -0.154. The highest BCUT2D eigenvalue weighted by molar-refractivity contribution is 5.85. The number of hydrogen-bond acceptors (Lipinski definition) is 4. The van der Waals surface area contributed by atoms with Crippen LogP contribution in [0.2, 0.25) is 0 Å². The minimum Gasteiger partial charge on any atom is -0.479 e. The fourth-order valence-electron chi connectivity index (χ4n) is 0.816. The van der Waals surface area contributed by atoms with E-state index in [2.05, 4.69) is 0 Å². The molecule has 1 rings (SSSR count). The summed E-state index contributed by atoms with van der Waals surface area (Å²) in [6, 6.07) is 1.60. The van der Waals surface area contributed by atoms with Crippen molar-refractivity contribution >= 4 is 18.3 Å². The van der Waals surface area contributed by atoms with E-state index in [0.717, 1.165) is 0 Å². The predicted octanol–water partition coefficient (Wildman–Crippen LogP) is 1.75. The van der Waals surface area contributed by atoms with E-state index in [0.29, 0.717) is 12.2 Å². The molecule has 2 N–H and O–H groups in total. The number of halogens is 1. The van der Waals surface area contributed by atoms with Crippen molar-refractivity contribution in [3.8, 4) is 0 Å². The Balaban J connectivity index is 0.00000144. The molecule has 0 spiro atoms. The van der Waals surface area contributed by atoms with E-state index >= 15 is 0 Å². The Labute approximate surface area is 82.4 Å². The van der Waals surface area contributed by atoms with Crippen LogP contribution in [-0.4, -0.2) is 17.6 Å². The summed E-state index contributed by atoms with van der Waals surface area (Å²) in [7, 11) is 0. The molecule has 0 aromatic carbocycles. The van der Waals surface area contributed by atoms with Gasteiger partial charge in [0.1, 0.15) is 0 Å². The summed E-state index contributed by atoms with van der Waals surface area (Å²) in [5.41, 5.74) is 0.536. The quantitative estimate of drug-likeness (QED) is 0.584. The zero-order valence-corrected chi connectivity index (χ0v) is 8.00. The van der Waals surface area contributed by atoms with Crippen molar-refractivity contribution in [1.82, 2.24) is 0 Å². The summed E-state index contributed by atoms with van der Waals surface area (Å²) in [4.78, 5) is 0. The highest BCUT2D eigenvalue weighted by atomic mass is 35.5. The van der Waals surface area contributed by atoms with E-state index in [9.17, 15) is 5.11 Å². The maximum atomic E-state index is 9.40. The molecule has 0 bridgehead atoms. The Hall–Kier alpha value is -1.00. The van der Waals surface area contributed by atoms with Gasteiger partial charge < -0.3 is 14.3 Å². The molecule has 4 nitrogen and oxygen atoms in total. The third-order valence-corrected chi connectivity index (χ3v) is 1.41. The second-order valence-corrected chi connectivity index (χ2v) is 2.26. The third kappa shape index (κ3) is 3.08. The summed E-state index contributed by atoms with van der Waals surface area (Å²) >= 11 is 0. The highest BCUT2D eigenvalue weighted by Crippen LogP contribution is 2.14. The molecule has 1 unspecified atom stereocenters. The largest absolute Gasteiger partial charge is 0.479 e. The van der Waals surface area contributed by atoms with Crippen molar-refractivity contribution < 1.29 is 14.3 Å². The second kappa shape index (κ2) is 5.61. The van der Waals surface area contributed by atoms with Gasteiger partial charge in [0.2, 0.25) is 5.90 Å². The molecule has 0 aliphatic heterocycles. The zero-order chi connectivity index (χ0) is 8.97. The molecular weight excluding hydrogens is 194 g/mol. The molecule has 0 aliphatic rings. The Bertz CT molecular complexity index is 248. The van der Waals surface area contributed by atoms with E-state index in [-0.39, 0.29) is 18.3 Å². The van der Waals surface area contributed by atoms with Gasteiger partial charge in [0, 0.05) is 5.56 Å². The Morgan fingerprint density at radius 2 is 2.46 bits per heavy atom. The molecule has 0 aliphatic carbocycles. The maximum absolute atomic E-state index is 9.40. The molecule has 1 heterocycles. The van der Waals surface area contributed by atoms with Crippen LogP contribution in [0.5, 0.6) is 0 Å². The SMILES string of the molecule is CCOC(=N)C(O)c1ccoc1.Cl. The van der Waals surface area contributed by atoms with Crippen molar-refractivity contribution in [2.24, 2.45) is 0 Å². The van der Waals surface area contributed by atoms with E-state index < -0.39 is 6.10 Å². The van der Waals surface area contributed by atoms with Gasteiger partial charge in [-0.05, 0) is 13.0 Å². The first-order valence-corrected chi connectivity index (χ1v) is 3.67. The average Bonchev–Trinajstić information content (AvgIpc) is 2.55. The van der Waals surface area contributed by atoms with Crippen molar-refractivity contribution in [1.29, 1.82) is 5.41 Å². The van der Waals surface area contributed by atoms with Crippen LogP contribution in [0.1, 0.15) is 18.6 Å². The summed E-state index contributed by atoms with van der Waals surface area (Å²) in [5, 5.41) is 16.7. The Morgan fingerprint density at radius 1 is 1.77 bits per heavy atom. The lowest BCUT2D eigenvalue weighted by Gasteiger charge is -2.09. The molecule has 74 valence electrons. The first kappa shape index (κ1) is 12.0. The molecule has 0 radical (unpaired) electrons. The number of rotatable bonds is 3.